The summed E-state index contributed by atoms with van der Waals surface area (Å²) >= 11 is 0. The first kappa shape index (κ1) is 11.7. The van der Waals surface area contributed by atoms with Crippen LogP contribution in [0.5, 0.6) is 0 Å². The fourth-order valence-corrected chi connectivity index (χ4v) is 2.07. The molecule has 0 radical (unpaired) electrons. The van der Waals surface area contributed by atoms with Gasteiger partial charge in [0.15, 0.2) is 0 Å². The highest BCUT2D eigenvalue weighted by Crippen LogP contribution is 2.21. The van der Waals surface area contributed by atoms with Crippen LogP contribution in [0.2, 0.25) is 0 Å². The molecule has 1 aliphatic rings. The second-order valence-corrected chi connectivity index (χ2v) is 4.23. The Kier molecular flexibility index (Phi) is 3.81. The van der Waals surface area contributed by atoms with Crippen molar-refractivity contribution in [2.45, 2.75) is 19.8 Å². The summed E-state index contributed by atoms with van der Waals surface area (Å²) in [6.07, 6.45) is 5.81. The second kappa shape index (κ2) is 5.53. The highest BCUT2D eigenvalue weighted by atomic mass is 16.1. The largest absolute Gasteiger partial charge is 0.372 e. The zero-order chi connectivity index (χ0) is 12.1. The van der Waals surface area contributed by atoms with Gasteiger partial charge in [0.25, 0.3) is 0 Å². The predicted molar refractivity (Wildman–Crippen MR) is 71.3 cm³/mol. The maximum absolute atomic E-state index is 11.3. The Labute approximate surface area is 102 Å². The minimum absolute atomic E-state index is 0.0820. The van der Waals surface area contributed by atoms with E-state index in [1.165, 1.54) is 24.6 Å². The normalized spacial score (nSPS) is 15.5. The summed E-state index contributed by atoms with van der Waals surface area (Å²) in [5.41, 5.74) is 2.09. The van der Waals surface area contributed by atoms with Crippen molar-refractivity contribution in [2.75, 3.05) is 23.3 Å². The Hall–Kier alpha value is -1.77. The summed E-state index contributed by atoms with van der Waals surface area (Å²) in [6, 6.07) is 8.04. The lowest BCUT2D eigenvalue weighted by Gasteiger charge is -2.17. The minimum Gasteiger partial charge on any atom is -0.372 e. The van der Waals surface area contributed by atoms with Gasteiger partial charge in [-0.3, -0.25) is 4.79 Å². The number of allylic oxidation sites excluding steroid dienone is 1. The third-order valence-corrected chi connectivity index (χ3v) is 2.92. The molecule has 0 saturated carbocycles. The van der Waals surface area contributed by atoms with E-state index < -0.39 is 0 Å². The van der Waals surface area contributed by atoms with Gasteiger partial charge in [-0.2, -0.15) is 0 Å². The molecule has 1 aromatic carbocycles. The summed E-state index contributed by atoms with van der Waals surface area (Å²) in [5.74, 6) is -0.0820. The molecule has 90 valence electrons. The molecule has 1 aromatic rings. The minimum atomic E-state index is -0.0820. The maximum atomic E-state index is 11.3. The Bertz CT molecular complexity index is 403. The number of hydrogen-bond acceptors (Lipinski definition) is 2. The molecular formula is C14H18N2O. The van der Waals surface area contributed by atoms with Gasteiger partial charge in [0.1, 0.15) is 0 Å². The summed E-state index contributed by atoms with van der Waals surface area (Å²) in [6.45, 7) is 4.12. The Morgan fingerprint density at radius 2 is 1.88 bits per heavy atom. The molecule has 0 unspecified atom stereocenters. The van der Waals surface area contributed by atoms with Crippen molar-refractivity contribution in [3.8, 4) is 0 Å². The van der Waals surface area contributed by atoms with Gasteiger partial charge >= 0.3 is 0 Å². The average molecular weight is 230 g/mol. The molecule has 0 aliphatic carbocycles. The zero-order valence-electron chi connectivity index (χ0n) is 10.1. The van der Waals surface area contributed by atoms with Gasteiger partial charge < -0.3 is 10.2 Å². The molecule has 1 fully saturated rings. The second-order valence-electron chi connectivity index (χ2n) is 4.23. The topological polar surface area (TPSA) is 32.3 Å². The van der Waals surface area contributed by atoms with Crippen molar-refractivity contribution in [3.05, 3.63) is 36.4 Å². The summed E-state index contributed by atoms with van der Waals surface area (Å²) in [5, 5.41) is 2.82. The molecule has 3 heteroatoms. The van der Waals surface area contributed by atoms with E-state index in [4.69, 9.17) is 0 Å². The zero-order valence-corrected chi connectivity index (χ0v) is 10.1. The van der Waals surface area contributed by atoms with Crippen LogP contribution in [-0.4, -0.2) is 19.0 Å². The van der Waals surface area contributed by atoms with Crippen LogP contribution in [0.1, 0.15) is 19.8 Å². The maximum Gasteiger partial charge on any atom is 0.248 e. The van der Waals surface area contributed by atoms with Crippen LogP contribution in [0.3, 0.4) is 0 Å². The van der Waals surface area contributed by atoms with Gasteiger partial charge in [-0.1, -0.05) is 6.08 Å². The van der Waals surface area contributed by atoms with E-state index in [2.05, 4.69) is 22.3 Å². The van der Waals surface area contributed by atoms with Gasteiger partial charge in [-0.25, -0.2) is 0 Å². The van der Waals surface area contributed by atoms with E-state index in [1.807, 2.05) is 19.1 Å². The first-order valence-corrected chi connectivity index (χ1v) is 6.08. The van der Waals surface area contributed by atoms with Gasteiger partial charge in [0.2, 0.25) is 5.91 Å². The third-order valence-electron chi connectivity index (χ3n) is 2.92. The highest BCUT2D eigenvalue weighted by Gasteiger charge is 2.11. The average Bonchev–Trinajstić information content (AvgIpc) is 2.84. The summed E-state index contributed by atoms with van der Waals surface area (Å²) in [4.78, 5) is 13.7. The highest BCUT2D eigenvalue weighted by molar-refractivity contribution is 5.99. The number of amides is 1. The van der Waals surface area contributed by atoms with Gasteiger partial charge in [-0.05, 0) is 50.1 Å². The Balaban J connectivity index is 1.99. The Morgan fingerprint density at radius 3 is 2.47 bits per heavy atom. The fourth-order valence-electron chi connectivity index (χ4n) is 2.07. The van der Waals surface area contributed by atoms with Crippen LogP contribution in [0.4, 0.5) is 11.4 Å². The fraction of sp³-hybridized carbons (Fsp3) is 0.357. The Morgan fingerprint density at radius 1 is 1.24 bits per heavy atom. The molecule has 17 heavy (non-hydrogen) atoms. The molecular weight excluding hydrogens is 212 g/mol. The number of hydrogen-bond donors (Lipinski definition) is 1. The molecule has 0 aromatic heterocycles. The molecule has 0 bridgehead atoms. The van der Waals surface area contributed by atoms with Crippen LogP contribution < -0.4 is 10.2 Å². The molecule has 0 spiro atoms. The van der Waals surface area contributed by atoms with Crippen LogP contribution in [0.15, 0.2) is 36.4 Å². The van der Waals surface area contributed by atoms with Gasteiger partial charge in [0.05, 0.1) is 0 Å². The standard InChI is InChI=1S/C14H18N2O/c1-2-5-14(17)15-12-6-8-13(9-7-12)16-10-3-4-11-16/h2,5-9H,3-4,10-11H2,1H3,(H,15,17)/b5-2+. The number of carbonyl (C=O) groups excluding carboxylic acids is 1. The lowest BCUT2D eigenvalue weighted by Crippen LogP contribution is -2.17. The van der Waals surface area contributed by atoms with E-state index in [1.54, 1.807) is 6.08 Å². The van der Waals surface area contributed by atoms with E-state index in [0.717, 1.165) is 18.8 Å². The van der Waals surface area contributed by atoms with Gasteiger partial charge in [-0.15, -0.1) is 0 Å². The summed E-state index contributed by atoms with van der Waals surface area (Å²) in [7, 11) is 0. The first-order chi connectivity index (χ1) is 8.29. The van der Waals surface area contributed by atoms with E-state index in [9.17, 15) is 4.79 Å². The van der Waals surface area contributed by atoms with Crippen LogP contribution in [0.25, 0.3) is 0 Å². The number of nitrogens with zero attached hydrogens (tertiary/aromatic N) is 1. The summed E-state index contributed by atoms with van der Waals surface area (Å²) < 4.78 is 0. The molecule has 1 amide bonds. The molecule has 0 atom stereocenters. The van der Waals surface area contributed by atoms with Crippen molar-refractivity contribution >= 4 is 17.3 Å². The first-order valence-electron chi connectivity index (χ1n) is 6.08. The van der Waals surface area contributed by atoms with Crippen molar-refractivity contribution in [2.24, 2.45) is 0 Å². The smallest absolute Gasteiger partial charge is 0.248 e. The number of carbonyl (C=O) groups is 1. The van der Waals surface area contributed by atoms with Crippen molar-refractivity contribution in [1.29, 1.82) is 0 Å². The molecule has 1 N–H and O–H groups in total. The monoisotopic (exact) mass is 230 g/mol. The number of nitrogens with one attached hydrogen (secondary N) is 1. The molecule has 3 nitrogen and oxygen atoms in total. The van der Waals surface area contributed by atoms with Gasteiger partial charge in [0, 0.05) is 24.5 Å². The van der Waals surface area contributed by atoms with Crippen LogP contribution in [0, 0.1) is 0 Å². The number of benzene rings is 1. The molecule has 1 saturated heterocycles. The number of anilines is 2. The SMILES string of the molecule is C/C=C/C(=O)Nc1ccc(N2CCCC2)cc1. The van der Waals surface area contributed by atoms with E-state index in [0.29, 0.717) is 0 Å². The third kappa shape index (κ3) is 3.09. The van der Waals surface area contributed by atoms with Crippen molar-refractivity contribution in [1.82, 2.24) is 0 Å². The molecule has 1 heterocycles. The molecule has 2 rings (SSSR count). The van der Waals surface area contributed by atoms with Crippen molar-refractivity contribution in [3.63, 3.8) is 0 Å². The predicted octanol–water partition coefficient (Wildman–Crippen LogP) is 2.80. The number of rotatable bonds is 3. The van der Waals surface area contributed by atoms with Crippen LogP contribution in [-0.2, 0) is 4.79 Å². The lowest BCUT2D eigenvalue weighted by molar-refractivity contribution is -0.111. The van der Waals surface area contributed by atoms with E-state index >= 15 is 0 Å². The molecule has 1 aliphatic heterocycles. The van der Waals surface area contributed by atoms with Crippen molar-refractivity contribution < 1.29 is 4.79 Å². The van der Waals surface area contributed by atoms with Crippen LogP contribution >= 0.6 is 0 Å². The quantitative estimate of drug-likeness (QED) is 0.810. The van der Waals surface area contributed by atoms with E-state index in [-0.39, 0.29) is 5.91 Å². The lowest BCUT2D eigenvalue weighted by atomic mass is 10.2.